The average Bonchev–Trinajstić information content (AvgIpc) is 2.56. The van der Waals surface area contributed by atoms with E-state index in [-0.39, 0.29) is 17.8 Å². The molecule has 1 heterocycles. The molecule has 18 heavy (non-hydrogen) atoms. The van der Waals surface area contributed by atoms with Crippen LogP contribution in [-0.2, 0) is 6.42 Å². The van der Waals surface area contributed by atoms with Crippen molar-refractivity contribution in [3.8, 4) is 0 Å². The number of aromatic nitrogens is 1. The van der Waals surface area contributed by atoms with E-state index in [1.54, 1.807) is 0 Å². The zero-order valence-electron chi connectivity index (χ0n) is 9.96. The van der Waals surface area contributed by atoms with Crippen molar-refractivity contribution in [2.75, 3.05) is 0 Å². The van der Waals surface area contributed by atoms with Crippen molar-refractivity contribution in [2.45, 2.75) is 20.3 Å². The molecule has 0 N–H and O–H groups in total. The molecule has 0 unspecified atom stereocenters. The van der Waals surface area contributed by atoms with Crippen molar-refractivity contribution in [1.29, 1.82) is 0 Å². The van der Waals surface area contributed by atoms with Gasteiger partial charge in [-0.2, -0.15) is 0 Å². The molecule has 0 amide bonds. The van der Waals surface area contributed by atoms with Crippen LogP contribution in [0, 0.1) is 25.5 Å². The summed E-state index contributed by atoms with van der Waals surface area (Å²) in [5, 5.41) is 0.666. The van der Waals surface area contributed by atoms with Gasteiger partial charge in [0, 0.05) is 16.5 Å². The van der Waals surface area contributed by atoms with E-state index in [4.69, 9.17) is 0 Å². The van der Waals surface area contributed by atoms with E-state index in [0.717, 1.165) is 28.8 Å². The Hall–Kier alpha value is -1.62. The minimum atomic E-state index is -0.746. The van der Waals surface area contributed by atoms with Crippen molar-refractivity contribution >= 4 is 17.1 Å². The van der Waals surface area contributed by atoms with Gasteiger partial charge in [-0.15, -0.1) is 11.3 Å². The summed E-state index contributed by atoms with van der Waals surface area (Å²) in [5.74, 6) is -1.82. The van der Waals surface area contributed by atoms with Crippen LogP contribution >= 0.6 is 11.3 Å². The lowest BCUT2D eigenvalue weighted by atomic mass is 10.1. The molecule has 94 valence electrons. The molecule has 0 fully saturated rings. The zero-order chi connectivity index (χ0) is 13.3. The van der Waals surface area contributed by atoms with Crippen LogP contribution in [-0.4, -0.2) is 10.8 Å². The number of benzene rings is 1. The number of carbonyl (C=O) groups is 1. The number of hydrogen-bond acceptors (Lipinski definition) is 3. The van der Waals surface area contributed by atoms with Gasteiger partial charge >= 0.3 is 0 Å². The zero-order valence-corrected chi connectivity index (χ0v) is 10.8. The van der Waals surface area contributed by atoms with Crippen LogP contribution in [0.1, 0.15) is 25.9 Å². The molecule has 0 atom stereocenters. The highest BCUT2D eigenvalue weighted by atomic mass is 32.1. The fraction of sp³-hybridized carbons (Fsp3) is 0.231. The van der Waals surface area contributed by atoms with E-state index in [1.807, 2.05) is 13.8 Å². The lowest BCUT2D eigenvalue weighted by Gasteiger charge is -1.99. The van der Waals surface area contributed by atoms with E-state index < -0.39 is 11.6 Å². The van der Waals surface area contributed by atoms with E-state index in [0.29, 0.717) is 5.01 Å². The van der Waals surface area contributed by atoms with Gasteiger partial charge in [0.2, 0.25) is 0 Å². The smallest absolute Gasteiger partial charge is 0.169 e. The van der Waals surface area contributed by atoms with Gasteiger partial charge in [-0.1, -0.05) is 0 Å². The van der Waals surface area contributed by atoms with Gasteiger partial charge < -0.3 is 0 Å². The number of Topliss-reactive ketones (excluding diaryl/α,β-unsaturated/α-hetero) is 1. The van der Waals surface area contributed by atoms with Crippen LogP contribution < -0.4 is 0 Å². The van der Waals surface area contributed by atoms with Crippen molar-refractivity contribution in [3.05, 3.63) is 51.0 Å². The normalized spacial score (nSPS) is 10.7. The van der Waals surface area contributed by atoms with Gasteiger partial charge in [0.15, 0.2) is 5.78 Å². The first kappa shape index (κ1) is 12.8. The second kappa shape index (κ2) is 4.94. The fourth-order valence-corrected chi connectivity index (χ4v) is 2.50. The molecule has 0 saturated carbocycles. The maximum Gasteiger partial charge on any atom is 0.169 e. The maximum atomic E-state index is 13.0. The molecule has 0 aliphatic heterocycles. The molecule has 2 aromatic rings. The van der Waals surface area contributed by atoms with Crippen molar-refractivity contribution in [2.24, 2.45) is 0 Å². The molecule has 2 nitrogen and oxygen atoms in total. The molecule has 0 spiro atoms. The van der Waals surface area contributed by atoms with Crippen LogP contribution in [0.5, 0.6) is 0 Å². The largest absolute Gasteiger partial charge is 0.294 e. The standard InChI is InChI=1S/C13H11F2NOS/c1-7-8(2)18-13(16-7)6-12(17)9-3-10(14)5-11(15)4-9/h3-5H,6H2,1-2H3. The number of halogens is 2. The first-order valence-electron chi connectivity index (χ1n) is 5.38. The average molecular weight is 267 g/mol. The van der Waals surface area contributed by atoms with Gasteiger partial charge in [-0.3, -0.25) is 4.79 Å². The lowest BCUT2D eigenvalue weighted by Crippen LogP contribution is -2.04. The van der Waals surface area contributed by atoms with Crippen molar-refractivity contribution < 1.29 is 13.6 Å². The van der Waals surface area contributed by atoms with Crippen LogP contribution in [0.4, 0.5) is 8.78 Å². The summed E-state index contributed by atoms with van der Waals surface area (Å²) in [6, 6.07) is 2.83. The third kappa shape index (κ3) is 2.79. The van der Waals surface area contributed by atoms with Crippen molar-refractivity contribution in [1.82, 2.24) is 4.98 Å². The SMILES string of the molecule is Cc1nc(CC(=O)c2cc(F)cc(F)c2)sc1C. The number of thiazole rings is 1. The Morgan fingerprint density at radius 2 is 1.83 bits per heavy atom. The van der Waals surface area contributed by atoms with E-state index >= 15 is 0 Å². The number of hydrogen-bond donors (Lipinski definition) is 0. The fourth-order valence-electron chi connectivity index (χ4n) is 1.57. The number of nitrogens with zero attached hydrogens (tertiary/aromatic N) is 1. The summed E-state index contributed by atoms with van der Waals surface area (Å²) in [6.45, 7) is 3.78. The maximum absolute atomic E-state index is 13.0. The number of ketones is 1. The molecule has 0 saturated heterocycles. The topological polar surface area (TPSA) is 30.0 Å². The second-order valence-electron chi connectivity index (χ2n) is 4.01. The first-order chi connectivity index (χ1) is 8.45. The third-order valence-corrected chi connectivity index (χ3v) is 3.64. The molecule has 2 rings (SSSR count). The molecule has 1 aromatic carbocycles. The molecule has 5 heteroatoms. The van der Waals surface area contributed by atoms with Gasteiger partial charge in [0.05, 0.1) is 12.1 Å². The number of aryl methyl sites for hydroxylation is 2. The molecular formula is C13H11F2NOS. The van der Waals surface area contributed by atoms with E-state index in [1.165, 1.54) is 11.3 Å². The summed E-state index contributed by atoms with van der Waals surface area (Å²) in [5.41, 5.74) is 0.922. The highest BCUT2D eigenvalue weighted by Crippen LogP contribution is 2.19. The van der Waals surface area contributed by atoms with Gasteiger partial charge in [-0.05, 0) is 26.0 Å². The summed E-state index contributed by atoms with van der Waals surface area (Å²) in [4.78, 5) is 17.1. The molecule has 0 radical (unpaired) electrons. The Morgan fingerprint density at radius 3 is 2.33 bits per heavy atom. The summed E-state index contributed by atoms with van der Waals surface area (Å²) in [7, 11) is 0. The Labute approximate surface area is 107 Å². The molecule has 0 bridgehead atoms. The van der Waals surface area contributed by atoms with Gasteiger partial charge in [0.25, 0.3) is 0 Å². The minimum Gasteiger partial charge on any atom is -0.294 e. The molecular weight excluding hydrogens is 256 g/mol. The Bertz CT molecular complexity index is 567. The molecule has 0 aliphatic carbocycles. The lowest BCUT2D eigenvalue weighted by molar-refractivity contribution is 0.0992. The Balaban J connectivity index is 2.21. The second-order valence-corrected chi connectivity index (χ2v) is 5.30. The Kier molecular flexibility index (Phi) is 3.52. The van der Waals surface area contributed by atoms with Crippen LogP contribution in [0.25, 0.3) is 0 Å². The Morgan fingerprint density at radius 1 is 1.22 bits per heavy atom. The van der Waals surface area contributed by atoms with E-state index in [2.05, 4.69) is 4.98 Å². The van der Waals surface area contributed by atoms with Gasteiger partial charge in [-0.25, -0.2) is 13.8 Å². The summed E-state index contributed by atoms with van der Waals surface area (Å²) in [6.07, 6.45) is 0.0717. The van der Waals surface area contributed by atoms with Crippen molar-refractivity contribution in [3.63, 3.8) is 0 Å². The minimum absolute atomic E-state index is 0.0398. The number of carbonyl (C=O) groups excluding carboxylic acids is 1. The molecule has 0 aliphatic rings. The highest BCUT2D eigenvalue weighted by Gasteiger charge is 2.13. The first-order valence-corrected chi connectivity index (χ1v) is 6.19. The van der Waals surface area contributed by atoms with Gasteiger partial charge in [0.1, 0.15) is 16.6 Å². The summed E-state index contributed by atoms with van der Waals surface area (Å²) < 4.78 is 26.0. The number of rotatable bonds is 3. The molecule has 1 aromatic heterocycles. The van der Waals surface area contributed by atoms with Crippen LogP contribution in [0.2, 0.25) is 0 Å². The highest BCUT2D eigenvalue weighted by molar-refractivity contribution is 7.11. The quantitative estimate of drug-likeness (QED) is 0.797. The summed E-state index contributed by atoms with van der Waals surface area (Å²) >= 11 is 1.43. The van der Waals surface area contributed by atoms with Crippen LogP contribution in [0.3, 0.4) is 0 Å². The monoisotopic (exact) mass is 267 g/mol. The predicted octanol–water partition coefficient (Wildman–Crippen LogP) is 3.46. The van der Waals surface area contributed by atoms with E-state index in [9.17, 15) is 13.6 Å². The third-order valence-electron chi connectivity index (χ3n) is 2.57. The predicted molar refractivity (Wildman–Crippen MR) is 66.0 cm³/mol. The van der Waals surface area contributed by atoms with Crippen LogP contribution in [0.15, 0.2) is 18.2 Å².